The van der Waals surface area contributed by atoms with Crippen LogP contribution in [-0.2, 0) is 0 Å². The van der Waals surface area contributed by atoms with Gasteiger partial charge < -0.3 is 0 Å². The van der Waals surface area contributed by atoms with Crippen molar-refractivity contribution in [1.29, 1.82) is 5.26 Å². The molecule has 0 fully saturated rings. The standard InChI is InChI=1S/C12H13N/c1-4-10(3)12-6-9(2)5-11(7-12)8-13/h4-7,10H,1H2,2-3H3. The van der Waals surface area contributed by atoms with E-state index in [4.69, 9.17) is 5.26 Å². The molecule has 0 radical (unpaired) electrons. The molecule has 1 atom stereocenters. The summed E-state index contributed by atoms with van der Waals surface area (Å²) < 4.78 is 0. The van der Waals surface area contributed by atoms with E-state index in [-0.39, 0.29) is 0 Å². The minimum absolute atomic E-state index is 0.312. The van der Waals surface area contributed by atoms with Crippen molar-refractivity contribution in [2.75, 3.05) is 0 Å². The van der Waals surface area contributed by atoms with Crippen LogP contribution in [0.5, 0.6) is 0 Å². The van der Waals surface area contributed by atoms with E-state index >= 15 is 0 Å². The molecule has 1 unspecified atom stereocenters. The molecular formula is C12H13N. The molecule has 0 saturated carbocycles. The van der Waals surface area contributed by atoms with Crippen molar-refractivity contribution in [3.05, 3.63) is 47.5 Å². The first-order chi connectivity index (χ1) is 6.17. The van der Waals surface area contributed by atoms with Gasteiger partial charge in [-0.1, -0.05) is 19.1 Å². The average molecular weight is 171 g/mol. The SMILES string of the molecule is C=CC(C)c1cc(C)cc(C#N)c1. The molecule has 0 spiro atoms. The third-order valence-corrected chi connectivity index (χ3v) is 2.11. The molecule has 0 saturated heterocycles. The number of allylic oxidation sites excluding steroid dienone is 1. The van der Waals surface area contributed by atoms with Gasteiger partial charge >= 0.3 is 0 Å². The number of nitriles is 1. The van der Waals surface area contributed by atoms with Gasteiger partial charge in [0.05, 0.1) is 11.6 Å². The fourth-order valence-corrected chi connectivity index (χ4v) is 1.28. The lowest BCUT2D eigenvalue weighted by Gasteiger charge is -2.07. The number of aryl methyl sites for hydroxylation is 1. The highest BCUT2D eigenvalue weighted by molar-refractivity contribution is 5.39. The van der Waals surface area contributed by atoms with Crippen LogP contribution in [-0.4, -0.2) is 0 Å². The Morgan fingerprint density at radius 1 is 1.46 bits per heavy atom. The summed E-state index contributed by atoms with van der Waals surface area (Å²) in [5, 5.41) is 8.77. The third kappa shape index (κ3) is 2.19. The molecule has 1 aromatic rings. The summed E-state index contributed by atoms with van der Waals surface area (Å²) in [5.41, 5.74) is 3.01. The fourth-order valence-electron chi connectivity index (χ4n) is 1.28. The highest BCUT2D eigenvalue weighted by Gasteiger charge is 2.02. The molecule has 0 aromatic heterocycles. The van der Waals surface area contributed by atoms with E-state index < -0.39 is 0 Å². The van der Waals surface area contributed by atoms with Crippen molar-refractivity contribution in [3.8, 4) is 6.07 Å². The summed E-state index contributed by atoms with van der Waals surface area (Å²) in [6, 6.07) is 8.05. The lowest BCUT2D eigenvalue weighted by molar-refractivity contribution is 0.967. The number of benzene rings is 1. The van der Waals surface area contributed by atoms with Gasteiger partial charge in [-0.15, -0.1) is 6.58 Å². The first kappa shape index (κ1) is 9.54. The maximum Gasteiger partial charge on any atom is 0.0991 e. The van der Waals surface area contributed by atoms with Crippen molar-refractivity contribution in [3.63, 3.8) is 0 Å². The molecule has 0 aliphatic carbocycles. The van der Waals surface area contributed by atoms with Gasteiger partial charge in [0.25, 0.3) is 0 Å². The summed E-state index contributed by atoms with van der Waals surface area (Å²) in [4.78, 5) is 0. The van der Waals surface area contributed by atoms with Gasteiger partial charge in [-0.3, -0.25) is 0 Å². The molecule has 66 valence electrons. The van der Waals surface area contributed by atoms with E-state index in [9.17, 15) is 0 Å². The number of hydrogen-bond donors (Lipinski definition) is 0. The van der Waals surface area contributed by atoms with Crippen molar-refractivity contribution >= 4 is 0 Å². The van der Waals surface area contributed by atoms with Crippen LogP contribution in [0, 0.1) is 18.3 Å². The largest absolute Gasteiger partial charge is 0.192 e. The Labute approximate surface area is 79.3 Å². The van der Waals surface area contributed by atoms with Gasteiger partial charge in [0.1, 0.15) is 0 Å². The Bertz CT molecular complexity index is 358. The van der Waals surface area contributed by atoms with Gasteiger partial charge in [0, 0.05) is 0 Å². The van der Waals surface area contributed by atoms with E-state index in [1.54, 1.807) is 0 Å². The zero-order chi connectivity index (χ0) is 9.84. The van der Waals surface area contributed by atoms with Crippen LogP contribution in [0.15, 0.2) is 30.9 Å². The van der Waals surface area contributed by atoms with Crippen LogP contribution >= 0.6 is 0 Å². The smallest absolute Gasteiger partial charge is 0.0991 e. The van der Waals surface area contributed by atoms with Gasteiger partial charge in [0.2, 0.25) is 0 Å². The minimum atomic E-state index is 0.312. The molecule has 0 aliphatic rings. The van der Waals surface area contributed by atoms with Gasteiger partial charge in [-0.05, 0) is 36.1 Å². The summed E-state index contributed by atoms with van der Waals surface area (Å²) in [7, 11) is 0. The zero-order valence-corrected chi connectivity index (χ0v) is 8.04. The van der Waals surface area contributed by atoms with Gasteiger partial charge in [0.15, 0.2) is 0 Å². The Kier molecular flexibility index (Phi) is 2.87. The number of rotatable bonds is 2. The van der Waals surface area contributed by atoms with Crippen LogP contribution in [0.2, 0.25) is 0 Å². The van der Waals surface area contributed by atoms with Crippen molar-refractivity contribution in [1.82, 2.24) is 0 Å². The summed E-state index contributed by atoms with van der Waals surface area (Å²) >= 11 is 0. The van der Waals surface area contributed by atoms with Crippen molar-refractivity contribution in [2.45, 2.75) is 19.8 Å². The normalized spacial score (nSPS) is 11.8. The predicted molar refractivity (Wildman–Crippen MR) is 54.5 cm³/mol. The molecular weight excluding hydrogens is 158 g/mol. The van der Waals surface area contributed by atoms with Crippen LogP contribution in [0.3, 0.4) is 0 Å². The van der Waals surface area contributed by atoms with Crippen LogP contribution in [0.1, 0.15) is 29.5 Å². The Balaban J connectivity index is 3.17. The zero-order valence-electron chi connectivity index (χ0n) is 8.04. The third-order valence-electron chi connectivity index (χ3n) is 2.11. The van der Waals surface area contributed by atoms with Crippen molar-refractivity contribution in [2.24, 2.45) is 0 Å². The lowest BCUT2D eigenvalue weighted by atomic mass is 9.97. The van der Waals surface area contributed by atoms with E-state index in [1.165, 1.54) is 0 Å². The molecule has 0 bridgehead atoms. The molecule has 0 heterocycles. The first-order valence-electron chi connectivity index (χ1n) is 4.31. The quantitative estimate of drug-likeness (QED) is 0.627. The number of nitrogens with zero attached hydrogens (tertiary/aromatic N) is 1. The molecule has 0 amide bonds. The molecule has 0 aliphatic heterocycles. The van der Waals surface area contributed by atoms with E-state index in [2.05, 4.69) is 25.6 Å². The minimum Gasteiger partial charge on any atom is -0.192 e. The van der Waals surface area contributed by atoms with Crippen LogP contribution in [0.25, 0.3) is 0 Å². The highest BCUT2D eigenvalue weighted by Crippen LogP contribution is 2.18. The number of hydrogen-bond acceptors (Lipinski definition) is 1. The second-order valence-electron chi connectivity index (χ2n) is 3.27. The Morgan fingerprint density at radius 3 is 2.69 bits per heavy atom. The predicted octanol–water partition coefficient (Wildman–Crippen LogP) is 3.16. The first-order valence-corrected chi connectivity index (χ1v) is 4.31. The van der Waals surface area contributed by atoms with Gasteiger partial charge in [-0.25, -0.2) is 0 Å². The van der Waals surface area contributed by atoms with Crippen LogP contribution in [0.4, 0.5) is 0 Å². The summed E-state index contributed by atoms with van der Waals surface area (Å²) in [6.07, 6.45) is 1.88. The Morgan fingerprint density at radius 2 is 2.15 bits per heavy atom. The van der Waals surface area contributed by atoms with Crippen molar-refractivity contribution < 1.29 is 0 Å². The maximum absolute atomic E-state index is 8.77. The van der Waals surface area contributed by atoms with E-state index in [1.807, 2.05) is 25.1 Å². The molecule has 1 heteroatoms. The second-order valence-corrected chi connectivity index (χ2v) is 3.27. The molecule has 1 aromatic carbocycles. The molecule has 13 heavy (non-hydrogen) atoms. The van der Waals surface area contributed by atoms with Crippen LogP contribution < -0.4 is 0 Å². The molecule has 1 rings (SSSR count). The summed E-state index contributed by atoms with van der Waals surface area (Å²) in [5.74, 6) is 0.312. The fraction of sp³-hybridized carbons (Fsp3) is 0.250. The average Bonchev–Trinajstić information content (AvgIpc) is 2.15. The lowest BCUT2D eigenvalue weighted by Crippen LogP contribution is -1.91. The monoisotopic (exact) mass is 171 g/mol. The topological polar surface area (TPSA) is 23.8 Å². The molecule has 1 nitrogen and oxygen atoms in total. The highest BCUT2D eigenvalue weighted by atomic mass is 14.2. The Hall–Kier alpha value is -1.55. The van der Waals surface area contributed by atoms with E-state index in [0.717, 1.165) is 16.7 Å². The second kappa shape index (κ2) is 3.91. The maximum atomic E-state index is 8.77. The molecule has 0 N–H and O–H groups in total. The van der Waals surface area contributed by atoms with Gasteiger partial charge in [-0.2, -0.15) is 5.26 Å². The van der Waals surface area contributed by atoms with E-state index in [0.29, 0.717) is 5.92 Å². The summed E-state index contributed by atoms with van der Waals surface area (Å²) in [6.45, 7) is 7.81.